The highest BCUT2D eigenvalue weighted by Gasteiger charge is 2.19. The number of hydrogen-bond acceptors (Lipinski definition) is 8. The zero-order valence-corrected chi connectivity index (χ0v) is 17.8. The quantitative estimate of drug-likeness (QED) is 0.346. The van der Waals surface area contributed by atoms with Gasteiger partial charge in [0.15, 0.2) is 9.84 Å². The molecule has 30 heavy (non-hydrogen) atoms. The first-order valence-corrected chi connectivity index (χ1v) is 10.7. The Balaban J connectivity index is 2.05. The van der Waals surface area contributed by atoms with Crippen molar-refractivity contribution >= 4 is 27.1 Å². The summed E-state index contributed by atoms with van der Waals surface area (Å²) in [5.41, 5.74) is 0.901. The number of amides is 1. The van der Waals surface area contributed by atoms with Gasteiger partial charge in [-0.2, -0.15) is 0 Å². The maximum absolute atomic E-state index is 12.4. The molecular formula is C19H23N3O7S. The normalized spacial score (nSPS) is 10.9. The molecule has 10 nitrogen and oxygen atoms in total. The summed E-state index contributed by atoms with van der Waals surface area (Å²) in [6.45, 7) is 2.17. The Bertz CT molecular complexity index is 1040. The van der Waals surface area contributed by atoms with Crippen LogP contribution in [0.4, 0.5) is 11.4 Å². The third-order valence-electron chi connectivity index (χ3n) is 4.33. The van der Waals surface area contributed by atoms with Crippen molar-refractivity contribution in [2.75, 3.05) is 38.9 Å². The molecule has 0 atom stereocenters. The summed E-state index contributed by atoms with van der Waals surface area (Å²) in [7, 11) is -0.576. The Hall–Kier alpha value is -3.34. The van der Waals surface area contributed by atoms with Crippen molar-refractivity contribution in [1.29, 1.82) is 0 Å². The second kappa shape index (κ2) is 9.44. The molecule has 0 saturated carbocycles. The van der Waals surface area contributed by atoms with E-state index >= 15 is 0 Å². The third-order valence-corrected chi connectivity index (χ3v) is 5.44. The second-order valence-corrected chi connectivity index (χ2v) is 8.41. The molecule has 162 valence electrons. The Labute approximate surface area is 174 Å². The zero-order valence-electron chi connectivity index (χ0n) is 17.0. The Morgan fingerprint density at radius 1 is 1.10 bits per heavy atom. The summed E-state index contributed by atoms with van der Waals surface area (Å²) >= 11 is 0. The van der Waals surface area contributed by atoms with Gasteiger partial charge in [0.05, 0.1) is 24.0 Å². The summed E-state index contributed by atoms with van der Waals surface area (Å²) in [6.07, 6.45) is 0.976. The van der Waals surface area contributed by atoms with Gasteiger partial charge >= 0.3 is 0 Å². The number of sulfone groups is 1. The number of anilines is 1. The molecule has 2 N–H and O–H groups in total. The number of hydrogen-bond donors (Lipinski definition) is 2. The van der Waals surface area contributed by atoms with E-state index in [-0.39, 0.29) is 35.3 Å². The zero-order chi connectivity index (χ0) is 22.5. The van der Waals surface area contributed by atoms with E-state index in [4.69, 9.17) is 9.47 Å². The van der Waals surface area contributed by atoms with E-state index in [0.717, 1.165) is 17.9 Å². The topological polar surface area (TPSA) is 137 Å². The van der Waals surface area contributed by atoms with Crippen molar-refractivity contribution in [3.63, 3.8) is 0 Å². The molecule has 0 radical (unpaired) electrons. The number of methoxy groups -OCH3 is 2. The van der Waals surface area contributed by atoms with Gasteiger partial charge < -0.3 is 20.1 Å². The van der Waals surface area contributed by atoms with Gasteiger partial charge in [0.1, 0.15) is 17.2 Å². The van der Waals surface area contributed by atoms with Gasteiger partial charge in [0.25, 0.3) is 11.6 Å². The average Bonchev–Trinajstić information content (AvgIpc) is 2.70. The van der Waals surface area contributed by atoms with Gasteiger partial charge in [-0.1, -0.05) is 0 Å². The van der Waals surface area contributed by atoms with E-state index in [9.17, 15) is 23.3 Å². The summed E-state index contributed by atoms with van der Waals surface area (Å²) in [6, 6.07) is 6.80. The summed E-state index contributed by atoms with van der Waals surface area (Å²) in [5, 5.41) is 16.8. The molecule has 0 aromatic heterocycles. The van der Waals surface area contributed by atoms with Crippen LogP contribution in [0.15, 0.2) is 35.2 Å². The van der Waals surface area contributed by atoms with E-state index < -0.39 is 14.8 Å². The Kier molecular flexibility index (Phi) is 7.22. The molecule has 0 spiro atoms. The first-order chi connectivity index (χ1) is 14.1. The van der Waals surface area contributed by atoms with Crippen molar-refractivity contribution in [3.8, 4) is 11.5 Å². The Morgan fingerprint density at radius 2 is 1.70 bits per heavy atom. The fourth-order valence-corrected chi connectivity index (χ4v) is 3.38. The van der Waals surface area contributed by atoms with Crippen LogP contribution in [0, 0.1) is 17.0 Å². The highest BCUT2D eigenvalue weighted by atomic mass is 32.2. The number of ether oxygens (including phenoxy) is 2. The van der Waals surface area contributed by atoms with Gasteiger partial charge in [-0.25, -0.2) is 8.42 Å². The van der Waals surface area contributed by atoms with Crippen molar-refractivity contribution in [2.45, 2.75) is 11.8 Å². The van der Waals surface area contributed by atoms with Crippen LogP contribution in [0.5, 0.6) is 11.5 Å². The molecule has 0 aliphatic carbocycles. The van der Waals surface area contributed by atoms with Crippen molar-refractivity contribution in [1.82, 2.24) is 5.32 Å². The minimum absolute atomic E-state index is 0.143. The largest absolute Gasteiger partial charge is 0.496 e. The van der Waals surface area contributed by atoms with Crippen LogP contribution in [-0.4, -0.2) is 52.8 Å². The number of nitro benzene ring substituents is 1. The number of rotatable bonds is 9. The SMILES string of the molecule is COc1cc(C(=O)NCCNc2ccc(S(C)(=O)=O)cc2[N+](=O)[O-])cc(OC)c1C. The first-order valence-electron chi connectivity index (χ1n) is 8.81. The predicted octanol–water partition coefficient (Wildman–Crippen LogP) is 2.17. The summed E-state index contributed by atoms with van der Waals surface area (Å²) < 4.78 is 33.7. The molecule has 2 aromatic carbocycles. The van der Waals surface area contributed by atoms with Crippen molar-refractivity contribution in [2.24, 2.45) is 0 Å². The van der Waals surface area contributed by atoms with Crippen LogP contribution in [0.3, 0.4) is 0 Å². The second-order valence-electron chi connectivity index (χ2n) is 6.40. The third kappa shape index (κ3) is 5.38. The molecule has 0 heterocycles. The molecule has 0 saturated heterocycles. The number of benzene rings is 2. The maximum atomic E-state index is 12.4. The van der Waals surface area contributed by atoms with E-state index in [1.165, 1.54) is 26.4 Å². The minimum atomic E-state index is -3.57. The fourth-order valence-electron chi connectivity index (χ4n) is 2.74. The lowest BCUT2D eigenvalue weighted by atomic mass is 10.1. The van der Waals surface area contributed by atoms with Crippen LogP contribution in [0.2, 0.25) is 0 Å². The highest BCUT2D eigenvalue weighted by molar-refractivity contribution is 7.90. The van der Waals surface area contributed by atoms with Crippen molar-refractivity contribution in [3.05, 3.63) is 51.6 Å². The predicted molar refractivity (Wildman–Crippen MR) is 111 cm³/mol. The number of carbonyl (C=O) groups excluding carboxylic acids is 1. The van der Waals surface area contributed by atoms with Gasteiger partial charge in [0, 0.05) is 36.5 Å². The molecule has 0 bridgehead atoms. The molecule has 0 aliphatic rings. The molecule has 11 heteroatoms. The van der Waals surface area contributed by atoms with Crippen LogP contribution >= 0.6 is 0 Å². The van der Waals surface area contributed by atoms with Gasteiger partial charge in [-0.05, 0) is 31.2 Å². The van der Waals surface area contributed by atoms with Crippen LogP contribution in [-0.2, 0) is 9.84 Å². The summed E-state index contributed by atoms with van der Waals surface area (Å²) in [5.74, 6) is 0.661. The Morgan fingerprint density at radius 3 is 2.20 bits per heavy atom. The lowest BCUT2D eigenvalue weighted by molar-refractivity contribution is -0.384. The van der Waals surface area contributed by atoms with E-state index in [1.807, 2.05) is 6.92 Å². The van der Waals surface area contributed by atoms with Gasteiger partial charge in [0.2, 0.25) is 0 Å². The highest BCUT2D eigenvalue weighted by Crippen LogP contribution is 2.29. The number of carbonyl (C=O) groups is 1. The van der Waals surface area contributed by atoms with E-state index in [0.29, 0.717) is 17.1 Å². The molecule has 0 unspecified atom stereocenters. The van der Waals surface area contributed by atoms with Gasteiger partial charge in [-0.15, -0.1) is 0 Å². The maximum Gasteiger partial charge on any atom is 0.293 e. The van der Waals surface area contributed by atoms with Gasteiger partial charge in [-0.3, -0.25) is 14.9 Å². The molecule has 2 aromatic rings. The average molecular weight is 437 g/mol. The standard InChI is InChI=1S/C19H23N3O7S/c1-12-17(28-2)9-13(10-18(12)29-3)19(23)21-8-7-20-15-6-5-14(30(4,26)27)11-16(15)22(24)25/h5-6,9-11,20H,7-8H2,1-4H3,(H,21,23). The number of nitrogens with zero attached hydrogens (tertiary/aromatic N) is 1. The first kappa shape index (κ1) is 22.9. The van der Waals surface area contributed by atoms with Crippen LogP contribution < -0.4 is 20.1 Å². The lowest BCUT2D eigenvalue weighted by Gasteiger charge is -2.13. The van der Waals surface area contributed by atoms with Crippen molar-refractivity contribution < 1.29 is 27.6 Å². The van der Waals surface area contributed by atoms with E-state index in [1.54, 1.807) is 12.1 Å². The number of nitro groups is 1. The molecule has 0 fully saturated rings. The smallest absolute Gasteiger partial charge is 0.293 e. The number of nitrogens with one attached hydrogen (secondary N) is 2. The monoisotopic (exact) mass is 437 g/mol. The van der Waals surface area contributed by atoms with E-state index in [2.05, 4.69) is 10.6 Å². The van der Waals surface area contributed by atoms with Crippen LogP contribution in [0.1, 0.15) is 15.9 Å². The molecule has 2 rings (SSSR count). The van der Waals surface area contributed by atoms with Crippen LogP contribution in [0.25, 0.3) is 0 Å². The minimum Gasteiger partial charge on any atom is -0.496 e. The fraction of sp³-hybridized carbons (Fsp3) is 0.316. The summed E-state index contributed by atoms with van der Waals surface area (Å²) in [4.78, 5) is 22.9. The molecule has 0 aliphatic heterocycles. The molecule has 1 amide bonds. The lowest BCUT2D eigenvalue weighted by Crippen LogP contribution is -2.29. The molecular weight excluding hydrogens is 414 g/mol.